The lowest BCUT2D eigenvalue weighted by Crippen LogP contribution is -2.76. The molecule has 21 heteroatoms. The van der Waals surface area contributed by atoms with Gasteiger partial charge in [-0.25, -0.2) is 25.4 Å². The van der Waals surface area contributed by atoms with E-state index in [9.17, 15) is 0 Å². The molecule has 8 fully saturated rings. The molecule has 0 radical (unpaired) electrons. The molecule has 322 valence electrons. The average Bonchev–Trinajstić information content (AvgIpc) is 3.87. The Morgan fingerprint density at radius 1 is 0.633 bits per heavy atom. The van der Waals surface area contributed by atoms with E-state index < -0.39 is 82.6 Å². The Morgan fingerprint density at radius 2 is 1.03 bits per heavy atom. The topological polar surface area (TPSA) is 156 Å². The predicted molar refractivity (Wildman–Crippen MR) is 241 cm³/mol. The second-order valence-electron chi connectivity index (χ2n) is 18.9. The zero-order valence-electron chi connectivity index (χ0n) is 34.6. The molecule has 60 heavy (non-hydrogen) atoms. The lowest BCUT2D eigenvalue weighted by Gasteiger charge is -2.58. The summed E-state index contributed by atoms with van der Waals surface area (Å²) in [5.41, 5.74) is -1.42. The van der Waals surface area contributed by atoms with Gasteiger partial charge in [-0.05, 0) is 49.6 Å². The van der Waals surface area contributed by atoms with Crippen LogP contribution in [0.2, 0.25) is 25.7 Å². The van der Waals surface area contributed by atoms with Crippen molar-refractivity contribution in [3.8, 4) is 0 Å². The Labute approximate surface area is 368 Å². The van der Waals surface area contributed by atoms with E-state index in [1.54, 1.807) is 52.2 Å². The molecule has 10 aliphatic heterocycles. The third-order valence-electron chi connectivity index (χ3n) is 14.6. The summed E-state index contributed by atoms with van der Waals surface area (Å²) in [5.74, 6) is -2.02. The number of para-hydroxylation sites is 2. The van der Waals surface area contributed by atoms with Crippen molar-refractivity contribution in [1.82, 2.24) is 19.6 Å². The highest BCUT2D eigenvalue weighted by Gasteiger charge is 2.89. The highest BCUT2D eigenvalue weighted by Crippen LogP contribution is 2.80. The number of nitrogens with zero attached hydrogens (tertiary/aromatic N) is 6. The van der Waals surface area contributed by atoms with Crippen LogP contribution in [0.5, 0.6) is 0 Å². The number of hydrogen-bond donors (Lipinski definition) is 0. The molecule has 2 aromatic carbocycles. The van der Waals surface area contributed by atoms with Crippen LogP contribution in [0, 0.1) is 0 Å². The van der Waals surface area contributed by atoms with Gasteiger partial charge in [0.05, 0.1) is 33.7 Å². The quantitative estimate of drug-likeness (QED) is 0.246. The molecule has 2 spiro atoms. The molecule has 8 saturated heterocycles. The number of unbranched alkanes of at least 4 members (excludes halogenated alkanes) is 1. The maximum atomic E-state index is 15.5. The van der Waals surface area contributed by atoms with Gasteiger partial charge in [-0.15, -0.1) is 0 Å². The van der Waals surface area contributed by atoms with Crippen molar-refractivity contribution in [1.29, 1.82) is 0 Å². The summed E-state index contributed by atoms with van der Waals surface area (Å²) in [6.45, 7) is 11.6. The molecule has 1 unspecified atom stereocenters. The number of anilines is 2. The number of carbonyl (C=O) groups excluding carboxylic acids is 4. The number of likely N-dealkylation sites (N-methyl/N-ethyl adjacent to an activating group) is 2. The largest absolute Gasteiger partial charge is 0.319 e. The Kier molecular flexibility index (Phi) is 8.54. The smallest absolute Gasteiger partial charge is 0.262 e. The summed E-state index contributed by atoms with van der Waals surface area (Å²) in [5, 5.41) is 0. The zero-order chi connectivity index (χ0) is 43.2. The molecular weight excluding hydrogens is 901 g/mol. The van der Waals surface area contributed by atoms with E-state index in [4.69, 9.17) is 0 Å². The van der Waals surface area contributed by atoms with Crippen LogP contribution in [0.25, 0.3) is 0 Å². The van der Waals surface area contributed by atoms with Gasteiger partial charge in [0.2, 0.25) is 20.0 Å². The second-order valence-corrected chi connectivity index (χ2v) is 34.1. The summed E-state index contributed by atoms with van der Waals surface area (Å²) in [6.07, 6.45) is -2.01. The number of fused-ring (bicyclic) bond motifs is 11. The fourth-order valence-corrected chi connectivity index (χ4v) is 25.0. The van der Waals surface area contributed by atoms with Gasteiger partial charge in [-0.3, -0.25) is 29.0 Å². The minimum Gasteiger partial charge on any atom is -0.319 e. The van der Waals surface area contributed by atoms with Crippen molar-refractivity contribution in [3.63, 3.8) is 0 Å². The van der Waals surface area contributed by atoms with Crippen LogP contribution in [0.1, 0.15) is 57.6 Å². The normalized spacial score (nSPS) is 37.5. The molecule has 0 saturated carbocycles. The number of piperazine rings is 2. The fraction of sp³-hybridized carbons (Fsp3) is 0.590. The molecule has 2 aromatic rings. The van der Waals surface area contributed by atoms with Crippen LogP contribution in [0.3, 0.4) is 0 Å². The van der Waals surface area contributed by atoms with E-state index in [1.807, 2.05) is 31.2 Å². The first kappa shape index (κ1) is 41.4. The second kappa shape index (κ2) is 12.4. The van der Waals surface area contributed by atoms with Gasteiger partial charge < -0.3 is 9.80 Å². The van der Waals surface area contributed by atoms with Gasteiger partial charge in [0.1, 0.15) is 12.3 Å². The molecule has 0 aromatic heterocycles. The van der Waals surface area contributed by atoms with Crippen LogP contribution in [-0.4, -0.2) is 126 Å². The first-order valence-electron chi connectivity index (χ1n) is 20.2. The van der Waals surface area contributed by atoms with Crippen LogP contribution < -0.4 is 8.61 Å². The lowest BCUT2D eigenvalue weighted by molar-refractivity contribution is -0.164. The van der Waals surface area contributed by atoms with E-state index in [0.29, 0.717) is 41.4 Å². The average molecular weight is 949 g/mol. The highest BCUT2D eigenvalue weighted by molar-refractivity contribution is 8.78. The third kappa shape index (κ3) is 4.53. The number of amides is 4. The number of carbonyl (C=O) groups is 4. The van der Waals surface area contributed by atoms with Crippen LogP contribution >= 0.6 is 43.2 Å². The first-order valence-corrected chi connectivity index (χ1v) is 31.4. The molecule has 4 bridgehead atoms. The minimum atomic E-state index is -4.28. The number of sulfonamides is 2. The van der Waals surface area contributed by atoms with Gasteiger partial charge in [-0.2, -0.15) is 0 Å². The van der Waals surface area contributed by atoms with E-state index in [2.05, 4.69) is 19.6 Å². The van der Waals surface area contributed by atoms with Crippen molar-refractivity contribution in [3.05, 3.63) is 59.7 Å². The molecule has 4 amide bonds. The summed E-state index contributed by atoms with van der Waals surface area (Å²) >= 11 is 0. The van der Waals surface area contributed by atoms with Gasteiger partial charge in [0.15, 0.2) is 19.5 Å². The molecular formula is C39H48N6O8S6Si. The van der Waals surface area contributed by atoms with Crippen molar-refractivity contribution in [2.24, 2.45) is 0 Å². The molecule has 12 rings (SSSR count). The van der Waals surface area contributed by atoms with Crippen molar-refractivity contribution < 1.29 is 36.0 Å². The maximum Gasteiger partial charge on any atom is 0.262 e. The Balaban J connectivity index is 1.36. The van der Waals surface area contributed by atoms with Crippen molar-refractivity contribution in [2.45, 2.75) is 115 Å². The van der Waals surface area contributed by atoms with E-state index >= 15 is 36.0 Å². The number of rotatable bonds is 9. The molecule has 0 aliphatic carbocycles. The fourth-order valence-electron chi connectivity index (χ4n) is 11.4. The minimum absolute atomic E-state index is 0.102. The molecule has 10 aliphatic rings. The highest BCUT2D eigenvalue weighted by atomic mass is 33.1. The van der Waals surface area contributed by atoms with Crippen molar-refractivity contribution >= 4 is 106 Å². The summed E-state index contributed by atoms with van der Waals surface area (Å²) in [7, 11) is -2.26. The number of benzene rings is 2. The Bertz CT molecular complexity index is 2580. The van der Waals surface area contributed by atoms with Gasteiger partial charge in [0.25, 0.3) is 23.6 Å². The van der Waals surface area contributed by atoms with Crippen LogP contribution in [0.4, 0.5) is 11.4 Å². The standard InChI is InChI=1S/C39H48N6O8S6Si/c1-9-10-19-58(50,51)44-26-17-13-11-15-24(26)36(22-38-32(48)40(4)34(2,54-56-38)30(46)42(38)28(36)44)37-23-39-33(49)41(5)35(3,55-57-39)31(47)43(39)29(37)45(27-18-14-12-16-25(27)37)59(52,53)20-21-60(6,7)8/h11-18,28-29H,9-10,19-23H2,1-8H3/t28-,29-,34-,35-,36-,37?,38-,39-/m0/s1. The SMILES string of the molecule is CCCCS(=O)(=O)N1c2ccccc2[C@@]2(C34C[C@@]56SS[C@@](C)(C(=O)N5[C@H]3N(S(=O)(=O)CC[Si](C)(C)C)c3ccccc34)N(C)C6=O)C[C@@]34SS[C@@](C)(C(=O)N3[C@@H]12)N(C)C4=O. The third-order valence-corrected chi connectivity index (χ3v) is 27.6. The van der Waals surface area contributed by atoms with Crippen molar-refractivity contribution in [2.75, 3.05) is 34.2 Å². The van der Waals surface area contributed by atoms with Gasteiger partial charge >= 0.3 is 0 Å². The number of hydrogen-bond acceptors (Lipinski definition) is 12. The molecule has 14 nitrogen and oxygen atoms in total. The Hall–Kier alpha value is -2.56. The summed E-state index contributed by atoms with van der Waals surface area (Å²) in [6, 6.07) is 14.7. The molecule has 0 N–H and O–H groups in total. The summed E-state index contributed by atoms with van der Waals surface area (Å²) in [4.78, 5) is 61.2. The molecule has 10 heterocycles. The predicted octanol–water partition coefficient (Wildman–Crippen LogP) is 4.98. The molecule has 8 atom stereocenters. The van der Waals surface area contributed by atoms with E-state index in [1.165, 1.54) is 71.4 Å². The first-order chi connectivity index (χ1) is 28.0. The van der Waals surface area contributed by atoms with Crippen LogP contribution in [0.15, 0.2) is 48.5 Å². The van der Waals surface area contributed by atoms with Gasteiger partial charge in [-0.1, -0.05) is 113 Å². The van der Waals surface area contributed by atoms with E-state index in [0.717, 1.165) is 0 Å². The monoisotopic (exact) mass is 948 g/mol. The van der Waals surface area contributed by atoms with Gasteiger partial charge in [0, 0.05) is 35.0 Å². The lowest BCUT2D eigenvalue weighted by atomic mass is 9.54. The van der Waals surface area contributed by atoms with Crippen LogP contribution in [-0.2, 0) is 50.1 Å². The summed E-state index contributed by atoms with van der Waals surface area (Å²) < 4.78 is 64.1. The Morgan fingerprint density at radius 3 is 1.43 bits per heavy atom. The maximum absolute atomic E-state index is 15.5. The zero-order valence-corrected chi connectivity index (χ0v) is 40.5. The van der Waals surface area contributed by atoms with E-state index in [-0.39, 0.29) is 36.2 Å².